The molecule has 0 aliphatic rings. The molecule has 0 bridgehead atoms. The van der Waals surface area contributed by atoms with Gasteiger partial charge >= 0.3 is 0 Å². The minimum Gasteiger partial charge on any atom is -0.493 e. The Morgan fingerprint density at radius 2 is 1.96 bits per heavy atom. The number of rotatable bonds is 6. The Labute approximate surface area is 150 Å². The van der Waals surface area contributed by atoms with Crippen LogP contribution in [-0.4, -0.2) is 31.7 Å². The number of benzene rings is 2. The normalized spacial score (nSPS) is 11.6. The number of nitrogens with two attached hydrogens (primary N) is 1. The summed E-state index contributed by atoms with van der Waals surface area (Å²) in [5.74, 6) is 1.30. The lowest BCUT2D eigenvalue weighted by Crippen LogP contribution is -2.23. The third-order valence-electron chi connectivity index (χ3n) is 4.05. The molecule has 6 nitrogen and oxygen atoms in total. The first-order chi connectivity index (χ1) is 12.6. The van der Waals surface area contributed by atoms with Gasteiger partial charge in [-0.25, -0.2) is 4.39 Å². The zero-order chi connectivity index (χ0) is 18.5. The molecule has 0 saturated carbocycles. The summed E-state index contributed by atoms with van der Waals surface area (Å²) in [5, 5.41) is 4.02. The van der Waals surface area contributed by atoms with E-state index in [-0.39, 0.29) is 5.82 Å². The van der Waals surface area contributed by atoms with E-state index in [1.165, 1.54) is 12.1 Å². The van der Waals surface area contributed by atoms with Gasteiger partial charge in [-0.3, -0.25) is 4.99 Å². The average molecular weight is 356 g/mol. The second-order valence-electron chi connectivity index (χ2n) is 5.72. The van der Waals surface area contributed by atoms with E-state index in [2.05, 4.69) is 15.3 Å². The van der Waals surface area contributed by atoms with E-state index in [0.29, 0.717) is 30.4 Å². The smallest absolute Gasteiger partial charge is 0.193 e. The van der Waals surface area contributed by atoms with Crippen molar-refractivity contribution in [2.45, 2.75) is 6.42 Å². The van der Waals surface area contributed by atoms with Crippen molar-refractivity contribution < 1.29 is 13.9 Å². The summed E-state index contributed by atoms with van der Waals surface area (Å²) in [6.45, 7) is 0.510. The number of H-pyrrole nitrogens is 1. The van der Waals surface area contributed by atoms with Crippen LogP contribution in [0, 0.1) is 5.82 Å². The van der Waals surface area contributed by atoms with Gasteiger partial charge in [0.05, 0.1) is 14.2 Å². The molecule has 0 radical (unpaired) electrons. The van der Waals surface area contributed by atoms with Gasteiger partial charge in [-0.15, -0.1) is 0 Å². The van der Waals surface area contributed by atoms with Gasteiger partial charge < -0.3 is 25.5 Å². The number of hydrogen-bond acceptors (Lipinski definition) is 3. The Kier molecular flexibility index (Phi) is 5.26. The zero-order valence-electron chi connectivity index (χ0n) is 14.7. The lowest BCUT2D eigenvalue weighted by Gasteiger charge is -2.10. The first-order valence-corrected chi connectivity index (χ1v) is 8.15. The van der Waals surface area contributed by atoms with Crippen molar-refractivity contribution in [1.29, 1.82) is 0 Å². The third-order valence-corrected chi connectivity index (χ3v) is 4.05. The van der Waals surface area contributed by atoms with Crippen LogP contribution in [0.3, 0.4) is 0 Å². The molecule has 2 aromatic carbocycles. The molecule has 7 heteroatoms. The number of aromatic nitrogens is 1. The molecule has 1 aromatic heterocycles. The fraction of sp³-hybridized carbons (Fsp3) is 0.211. The molecule has 1 heterocycles. The molecule has 0 saturated heterocycles. The number of nitrogens with zero attached hydrogens (tertiary/aromatic N) is 1. The van der Waals surface area contributed by atoms with E-state index in [1.807, 2.05) is 12.3 Å². The third kappa shape index (κ3) is 3.88. The summed E-state index contributed by atoms with van der Waals surface area (Å²) in [4.78, 5) is 7.41. The Bertz CT molecular complexity index is 936. The van der Waals surface area contributed by atoms with Gasteiger partial charge in [0.2, 0.25) is 0 Å². The van der Waals surface area contributed by atoms with E-state index < -0.39 is 0 Å². The summed E-state index contributed by atoms with van der Waals surface area (Å²) >= 11 is 0. The molecule has 0 spiro atoms. The summed E-state index contributed by atoms with van der Waals surface area (Å²) in [6.07, 6.45) is 2.57. The quantitative estimate of drug-likeness (QED) is 0.467. The maximum atomic E-state index is 13.2. The molecule has 0 unspecified atom stereocenters. The molecule has 3 aromatic rings. The summed E-state index contributed by atoms with van der Waals surface area (Å²) < 4.78 is 23.7. The van der Waals surface area contributed by atoms with Crippen LogP contribution in [0.15, 0.2) is 47.6 Å². The van der Waals surface area contributed by atoms with Gasteiger partial charge in [0, 0.05) is 35.4 Å². The van der Waals surface area contributed by atoms with Crippen LogP contribution in [0.1, 0.15) is 5.56 Å². The Morgan fingerprint density at radius 3 is 2.73 bits per heavy atom. The van der Waals surface area contributed by atoms with E-state index in [4.69, 9.17) is 15.2 Å². The van der Waals surface area contributed by atoms with Crippen LogP contribution >= 0.6 is 0 Å². The SMILES string of the molecule is COc1ccc(NC(N)=NCCc2c[nH]c3cc(F)ccc23)cc1OC. The molecule has 0 fully saturated rings. The summed E-state index contributed by atoms with van der Waals surface area (Å²) in [7, 11) is 3.16. The number of methoxy groups -OCH3 is 2. The Balaban J connectivity index is 1.63. The van der Waals surface area contributed by atoms with Crippen LogP contribution in [-0.2, 0) is 6.42 Å². The van der Waals surface area contributed by atoms with Crippen molar-refractivity contribution >= 4 is 22.5 Å². The monoisotopic (exact) mass is 356 g/mol. The number of ether oxygens (including phenoxy) is 2. The molecular formula is C19H21FN4O2. The Morgan fingerprint density at radius 1 is 1.15 bits per heavy atom. The predicted octanol–water partition coefficient (Wildman–Crippen LogP) is 3.29. The van der Waals surface area contributed by atoms with E-state index >= 15 is 0 Å². The number of guanidine groups is 1. The molecule has 0 amide bonds. The zero-order valence-corrected chi connectivity index (χ0v) is 14.7. The maximum Gasteiger partial charge on any atom is 0.193 e. The minimum absolute atomic E-state index is 0.257. The molecule has 136 valence electrons. The summed E-state index contributed by atoms with van der Waals surface area (Å²) in [6, 6.07) is 10.1. The molecular weight excluding hydrogens is 335 g/mol. The molecule has 4 N–H and O–H groups in total. The standard InChI is InChI=1S/C19H21FN4O2/c1-25-17-6-4-14(10-18(17)26-2)24-19(21)22-8-7-12-11-23-16-9-13(20)3-5-15(12)16/h3-6,9-11,23H,7-8H2,1-2H3,(H3,21,22,24). The van der Waals surface area contributed by atoms with Gasteiger partial charge in [-0.05, 0) is 42.3 Å². The van der Waals surface area contributed by atoms with Crippen molar-refractivity contribution in [3.8, 4) is 11.5 Å². The van der Waals surface area contributed by atoms with Crippen molar-refractivity contribution in [3.05, 3.63) is 54.0 Å². The number of hydrogen-bond donors (Lipinski definition) is 3. The first-order valence-electron chi connectivity index (χ1n) is 8.15. The van der Waals surface area contributed by atoms with Crippen LogP contribution in [0.2, 0.25) is 0 Å². The highest BCUT2D eigenvalue weighted by Gasteiger charge is 2.06. The summed E-state index contributed by atoms with van der Waals surface area (Å²) in [5.41, 5.74) is 8.56. The van der Waals surface area contributed by atoms with Crippen LogP contribution in [0.25, 0.3) is 10.9 Å². The number of fused-ring (bicyclic) bond motifs is 1. The second-order valence-corrected chi connectivity index (χ2v) is 5.72. The molecule has 0 aliphatic carbocycles. The van der Waals surface area contributed by atoms with Crippen molar-refractivity contribution in [3.63, 3.8) is 0 Å². The van der Waals surface area contributed by atoms with E-state index in [9.17, 15) is 4.39 Å². The minimum atomic E-state index is -0.257. The highest BCUT2D eigenvalue weighted by atomic mass is 19.1. The number of halogens is 1. The van der Waals surface area contributed by atoms with Gasteiger partial charge in [-0.1, -0.05) is 0 Å². The maximum absolute atomic E-state index is 13.2. The number of aliphatic imine (C=N–C) groups is 1. The van der Waals surface area contributed by atoms with E-state index in [0.717, 1.165) is 22.2 Å². The fourth-order valence-electron chi connectivity index (χ4n) is 2.76. The van der Waals surface area contributed by atoms with Crippen molar-refractivity contribution in [2.75, 3.05) is 26.1 Å². The van der Waals surface area contributed by atoms with Gasteiger partial charge in [0.15, 0.2) is 17.5 Å². The van der Waals surface area contributed by atoms with Gasteiger partial charge in [-0.2, -0.15) is 0 Å². The van der Waals surface area contributed by atoms with Crippen molar-refractivity contribution in [1.82, 2.24) is 4.98 Å². The lowest BCUT2D eigenvalue weighted by molar-refractivity contribution is 0.355. The Hall–Kier alpha value is -3.22. The first kappa shape index (κ1) is 17.6. The van der Waals surface area contributed by atoms with E-state index in [1.54, 1.807) is 32.4 Å². The number of nitrogens with one attached hydrogen (secondary N) is 2. The van der Waals surface area contributed by atoms with Gasteiger partial charge in [0.1, 0.15) is 5.82 Å². The molecule has 26 heavy (non-hydrogen) atoms. The fourth-order valence-corrected chi connectivity index (χ4v) is 2.76. The van der Waals surface area contributed by atoms with Gasteiger partial charge in [0.25, 0.3) is 0 Å². The molecule has 0 atom stereocenters. The largest absolute Gasteiger partial charge is 0.493 e. The lowest BCUT2D eigenvalue weighted by atomic mass is 10.1. The average Bonchev–Trinajstić information content (AvgIpc) is 3.03. The topological polar surface area (TPSA) is 84.7 Å². The molecule has 3 rings (SSSR count). The highest BCUT2D eigenvalue weighted by Crippen LogP contribution is 2.29. The predicted molar refractivity (Wildman–Crippen MR) is 102 cm³/mol. The molecule has 0 aliphatic heterocycles. The van der Waals surface area contributed by atoms with Crippen LogP contribution in [0.5, 0.6) is 11.5 Å². The number of aromatic amines is 1. The van der Waals surface area contributed by atoms with Crippen molar-refractivity contribution in [2.24, 2.45) is 10.7 Å². The number of anilines is 1. The van der Waals surface area contributed by atoms with Crippen LogP contribution < -0.4 is 20.5 Å². The van der Waals surface area contributed by atoms with Crippen LogP contribution in [0.4, 0.5) is 10.1 Å². The second kappa shape index (κ2) is 7.77. The highest BCUT2D eigenvalue weighted by molar-refractivity contribution is 5.92.